The van der Waals surface area contributed by atoms with Gasteiger partial charge in [-0.1, -0.05) is 19.4 Å². The van der Waals surface area contributed by atoms with E-state index >= 15 is 0 Å². The molecule has 0 atom stereocenters. The monoisotopic (exact) mass is 428 g/mol. The molecule has 0 fully saturated rings. The molecular weight excluding hydrogens is 408 g/mol. The molecule has 160 valence electrons. The molecule has 2 aromatic carbocycles. The van der Waals surface area contributed by atoms with E-state index in [2.05, 4.69) is 16.9 Å². The van der Waals surface area contributed by atoms with Crippen molar-refractivity contribution < 1.29 is 19.4 Å². The number of imidazole rings is 1. The van der Waals surface area contributed by atoms with Gasteiger partial charge in [-0.15, -0.1) is 0 Å². The second-order valence-electron chi connectivity index (χ2n) is 7.45. The largest absolute Gasteiger partial charge is 0.507 e. The van der Waals surface area contributed by atoms with Gasteiger partial charge < -0.3 is 9.84 Å². The van der Waals surface area contributed by atoms with Crippen LogP contribution in [0.2, 0.25) is 0 Å². The highest BCUT2D eigenvalue weighted by molar-refractivity contribution is 6.35. The number of carbonyl (C=O) groups is 2. The molecule has 2 amide bonds. The SMILES string of the molecule is CCCCOc1ccc(-c2nc3ncccn3c2N2C(=O)c3cccc(O)c3C2=O)cc1. The van der Waals surface area contributed by atoms with E-state index in [1.54, 1.807) is 22.9 Å². The number of fused-ring (bicyclic) bond motifs is 2. The molecule has 8 heteroatoms. The summed E-state index contributed by atoms with van der Waals surface area (Å²) in [6.07, 6.45) is 5.30. The van der Waals surface area contributed by atoms with Crippen molar-refractivity contribution in [3.8, 4) is 22.8 Å². The van der Waals surface area contributed by atoms with Crippen LogP contribution in [0.5, 0.6) is 11.5 Å². The second kappa shape index (κ2) is 7.81. The van der Waals surface area contributed by atoms with Gasteiger partial charge in [-0.3, -0.25) is 14.0 Å². The van der Waals surface area contributed by atoms with E-state index in [4.69, 9.17) is 4.74 Å². The summed E-state index contributed by atoms with van der Waals surface area (Å²) in [6, 6.07) is 13.5. The fourth-order valence-electron chi connectivity index (χ4n) is 3.79. The number of carbonyl (C=O) groups excluding carboxylic acids is 2. The lowest BCUT2D eigenvalue weighted by Crippen LogP contribution is -2.31. The molecule has 0 unspecified atom stereocenters. The third-order valence-electron chi connectivity index (χ3n) is 5.38. The van der Waals surface area contributed by atoms with Gasteiger partial charge >= 0.3 is 0 Å². The van der Waals surface area contributed by atoms with Crippen LogP contribution < -0.4 is 9.64 Å². The van der Waals surface area contributed by atoms with Gasteiger partial charge in [-0.25, -0.2) is 14.9 Å². The first kappa shape index (κ1) is 19.7. The van der Waals surface area contributed by atoms with E-state index in [1.165, 1.54) is 18.2 Å². The van der Waals surface area contributed by atoms with Crippen LogP contribution in [0.4, 0.5) is 5.82 Å². The molecule has 1 aliphatic heterocycles. The topological polar surface area (TPSA) is 97.0 Å². The summed E-state index contributed by atoms with van der Waals surface area (Å²) < 4.78 is 7.33. The fraction of sp³-hybridized carbons (Fsp3) is 0.167. The van der Waals surface area contributed by atoms with Gasteiger partial charge in [0.2, 0.25) is 5.78 Å². The average Bonchev–Trinajstić information content (AvgIpc) is 3.30. The highest BCUT2D eigenvalue weighted by Gasteiger charge is 2.41. The maximum Gasteiger partial charge on any atom is 0.271 e. The molecule has 0 spiro atoms. The molecule has 5 rings (SSSR count). The van der Waals surface area contributed by atoms with E-state index in [-0.39, 0.29) is 22.7 Å². The third kappa shape index (κ3) is 3.08. The Morgan fingerprint density at radius 1 is 1.03 bits per heavy atom. The summed E-state index contributed by atoms with van der Waals surface area (Å²) in [6.45, 7) is 2.74. The van der Waals surface area contributed by atoms with Gasteiger partial charge in [0, 0.05) is 18.0 Å². The lowest BCUT2D eigenvalue weighted by Gasteiger charge is -2.15. The predicted octanol–water partition coefficient (Wildman–Crippen LogP) is 4.08. The summed E-state index contributed by atoms with van der Waals surface area (Å²) in [7, 11) is 0. The number of benzene rings is 2. The molecule has 2 aromatic heterocycles. The number of phenols is 1. The highest BCUT2D eigenvalue weighted by Crippen LogP contribution is 2.38. The van der Waals surface area contributed by atoms with Gasteiger partial charge in [0.1, 0.15) is 17.2 Å². The minimum absolute atomic E-state index is 0.0121. The summed E-state index contributed by atoms with van der Waals surface area (Å²) in [4.78, 5) is 36.3. The van der Waals surface area contributed by atoms with Gasteiger partial charge in [0.25, 0.3) is 11.8 Å². The Morgan fingerprint density at radius 2 is 1.84 bits per heavy atom. The zero-order chi connectivity index (χ0) is 22.2. The molecular formula is C24H20N4O4. The van der Waals surface area contributed by atoms with Crippen LogP contribution in [0, 0.1) is 0 Å². The number of amides is 2. The minimum atomic E-state index is -0.602. The summed E-state index contributed by atoms with van der Waals surface area (Å²) in [5.41, 5.74) is 1.27. The number of aromatic hydroxyl groups is 1. The number of hydrogen-bond donors (Lipinski definition) is 1. The van der Waals surface area contributed by atoms with Gasteiger partial charge in [-0.05, 0) is 48.9 Å². The summed E-state index contributed by atoms with van der Waals surface area (Å²) in [5, 5.41) is 10.2. The van der Waals surface area contributed by atoms with Gasteiger partial charge in [-0.2, -0.15) is 0 Å². The van der Waals surface area contributed by atoms with Crippen molar-refractivity contribution >= 4 is 23.4 Å². The normalized spacial score (nSPS) is 13.1. The van der Waals surface area contributed by atoms with Crippen molar-refractivity contribution in [2.45, 2.75) is 19.8 Å². The van der Waals surface area contributed by atoms with Crippen molar-refractivity contribution in [3.05, 3.63) is 72.1 Å². The van der Waals surface area contributed by atoms with Crippen LogP contribution in [-0.2, 0) is 0 Å². The number of aromatic nitrogens is 3. The Morgan fingerprint density at radius 3 is 2.59 bits per heavy atom. The number of ether oxygens (including phenoxy) is 1. The number of rotatable bonds is 6. The Kier molecular flexibility index (Phi) is 4.82. The molecule has 1 aliphatic rings. The number of phenolic OH excluding ortho intramolecular Hbond substituents is 1. The quantitative estimate of drug-likeness (QED) is 0.367. The fourth-order valence-corrected chi connectivity index (χ4v) is 3.79. The van der Waals surface area contributed by atoms with Crippen LogP contribution in [0.25, 0.3) is 17.0 Å². The summed E-state index contributed by atoms with van der Waals surface area (Å²) in [5.74, 6) is 0.00321. The highest BCUT2D eigenvalue weighted by atomic mass is 16.5. The molecule has 8 nitrogen and oxygen atoms in total. The maximum atomic E-state index is 13.2. The molecule has 4 aromatic rings. The Hall–Kier alpha value is -4.20. The van der Waals surface area contributed by atoms with Crippen LogP contribution in [0.15, 0.2) is 60.9 Å². The third-order valence-corrected chi connectivity index (χ3v) is 5.38. The number of nitrogens with zero attached hydrogens (tertiary/aromatic N) is 4. The van der Waals surface area contributed by atoms with Crippen LogP contribution in [0.1, 0.15) is 40.5 Å². The lowest BCUT2D eigenvalue weighted by atomic mass is 10.1. The second-order valence-corrected chi connectivity index (χ2v) is 7.45. The first-order chi connectivity index (χ1) is 15.6. The smallest absolute Gasteiger partial charge is 0.271 e. The molecule has 32 heavy (non-hydrogen) atoms. The molecule has 0 radical (unpaired) electrons. The molecule has 0 saturated carbocycles. The van der Waals surface area contributed by atoms with E-state index in [0.29, 0.717) is 23.6 Å². The van der Waals surface area contributed by atoms with Crippen LogP contribution in [-0.4, -0.2) is 37.9 Å². The summed E-state index contributed by atoms with van der Waals surface area (Å²) >= 11 is 0. The van der Waals surface area contributed by atoms with Crippen molar-refractivity contribution in [1.29, 1.82) is 0 Å². The van der Waals surface area contributed by atoms with Crippen molar-refractivity contribution in [2.75, 3.05) is 11.5 Å². The number of hydrogen-bond acceptors (Lipinski definition) is 6. The maximum absolute atomic E-state index is 13.2. The molecule has 0 aliphatic carbocycles. The van der Waals surface area contributed by atoms with E-state index in [1.807, 2.05) is 24.3 Å². The first-order valence-corrected chi connectivity index (χ1v) is 10.4. The van der Waals surface area contributed by atoms with Gasteiger partial charge in [0.05, 0.1) is 17.7 Å². The number of anilines is 1. The zero-order valence-corrected chi connectivity index (χ0v) is 17.4. The predicted molar refractivity (Wildman–Crippen MR) is 118 cm³/mol. The minimum Gasteiger partial charge on any atom is -0.507 e. The van der Waals surface area contributed by atoms with Crippen molar-refractivity contribution in [1.82, 2.24) is 14.4 Å². The first-order valence-electron chi connectivity index (χ1n) is 10.4. The Bertz CT molecular complexity index is 1340. The van der Waals surface area contributed by atoms with Crippen LogP contribution >= 0.6 is 0 Å². The Labute approximate surface area is 183 Å². The van der Waals surface area contributed by atoms with E-state index < -0.39 is 11.8 Å². The molecule has 3 heterocycles. The van der Waals surface area contributed by atoms with E-state index in [0.717, 1.165) is 23.5 Å². The van der Waals surface area contributed by atoms with Gasteiger partial charge in [0.15, 0.2) is 5.82 Å². The Balaban J connectivity index is 1.62. The zero-order valence-electron chi connectivity index (χ0n) is 17.4. The van der Waals surface area contributed by atoms with E-state index in [9.17, 15) is 14.7 Å². The molecule has 0 saturated heterocycles. The molecule has 0 bridgehead atoms. The molecule has 1 N–H and O–H groups in total. The average molecular weight is 428 g/mol. The number of imide groups is 1. The van der Waals surface area contributed by atoms with Crippen LogP contribution in [0.3, 0.4) is 0 Å². The number of unbranched alkanes of at least 4 members (excludes halogenated alkanes) is 1. The van der Waals surface area contributed by atoms with Crippen molar-refractivity contribution in [3.63, 3.8) is 0 Å². The standard InChI is InChI=1S/C24H20N4O4/c1-2-3-14-32-16-10-8-15(9-11-16)20-21(27-13-5-12-25-24(27)26-20)28-22(30)17-6-4-7-18(29)19(17)23(28)31/h4-13,29H,2-3,14H2,1H3. The lowest BCUT2D eigenvalue weighted by molar-refractivity contribution is 0.0924. The van der Waals surface area contributed by atoms with Crippen molar-refractivity contribution in [2.24, 2.45) is 0 Å².